The van der Waals surface area contributed by atoms with Crippen LogP contribution in [0, 0.1) is 0 Å². The fourth-order valence-corrected chi connectivity index (χ4v) is 4.37. The Morgan fingerprint density at radius 1 is 0.875 bits per heavy atom. The van der Waals surface area contributed by atoms with E-state index in [4.69, 9.17) is 14.2 Å². The fraction of sp³-hybridized carbons (Fsp3) is 0.286. The second-order valence-corrected chi connectivity index (χ2v) is 8.46. The van der Waals surface area contributed by atoms with Crippen LogP contribution in [0.15, 0.2) is 104 Å². The second-order valence-electron chi connectivity index (χ2n) is 8.46. The van der Waals surface area contributed by atoms with E-state index in [1.165, 1.54) is 0 Å². The Bertz CT molecular complexity index is 905. The van der Waals surface area contributed by atoms with E-state index in [1.807, 2.05) is 68.4 Å². The predicted octanol–water partition coefficient (Wildman–Crippen LogP) is 5.06. The van der Waals surface area contributed by atoms with Crippen molar-refractivity contribution in [3.05, 3.63) is 120 Å². The predicted molar refractivity (Wildman–Crippen MR) is 125 cm³/mol. The summed E-state index contributed by atoms with van der Waals surface area (Å²) in [6.45, 7) is 7.55. The summed E-state index contributed by atoms with van der Waals surface area (Å²) in [6.07, 6.45) is -0.220. The van der Waals surface area contributed by atoms with Gasteiger partial charge >= 0.3 is 0 Å². The molecule has 0 aromatic heterocycles. The van der Waals surface area contributed by atoms with E-state index in [-0.39, 0.29) is 6.61 Å². The van der Waals surface area contributed by atoms with E-state index in [0.717, 1.165) is 16.7 Å². The molecular formula is C28H30O4. The van der Waals surface area contributed by atoms with Gasteiger partial charge in [0.25, 0.3) is 0 Å². The molecule has 0 spiro atoms. The SMILES string of the molecule is C=C[C@@H]1OC(C)(C)O[C@@H]1C(O)COC(c1ccccc1)(c1ccccc1)c1ccccc1. The Kier molecular flexibility index (Phi) is 6.58. The van der Waals surface area contributed by atoms with Crippen LogP contribution in [0.3, 0.4) is 0 Å². The summed E-state index contributed by atoms with van der Waals surface area (Å²) in [4.78, 5) is 0. The first-order valence-corrected chi connectivity index (χ1v) is 10.9. The highest BCUT2D eigenvalue weighted by Gasteiger charge is 2.45. The molecule has 0 amide bonds. The van der Waals surface area contributed by atoms with Gasteiger partial charge in [-0.15, -0.1) is 6.58 Å². The lowest BCUT2D eigenvalue weighted by Gasteiger charge is -2.37. The van der Waals surface area contributed by atoms with Gasteiger partial charge in [0, 0.05) is 0 Å². The summed E-state index contributed by atoms with van der Waals surface area (Å²) in [5.41, 5.74) is 2.04. The number of aliphatic hydroxyl groups is 1. The molecule has 0 aliphatic carbocycles. The minimum absolute atomic E-state index is 0.0487. The molecule has 4 rings (SSSR count). The molecule has 3 atom stereocenters. The lowest BCUT2D eigenvalue weighted by Crippen LogP contribution is -2.42. The summed E-state index contributed by atoms with van der Waals surface area (Å²) in [5, 5.41) is 11.1. The molecule has 1 N–H and O–H groups in total. The van der Waals surface area contributed by atoms with Crippen molar-refractivity contribution in [3.63, 3.8) is 0 Å². The number of ether oxygens (including phenoxy) is 3. The molecule has 3 aromatic carbocycles. The Hall–Kier alpha value is -2.76. The lowest BCUT2D eigenvalue weighted by atomic mass is 9.80. The number of rotatable bonds is 8. The maximum atomic E-state index is 11.1. The van der Waals surface area contributed by atoms with Gasteiger partial charge in [0.1, 0.15) is 23.9 Å². The van der Waals surface area contributed by atoms with Crippen LogP contribution in [0.1, 0.15) is 30.5 Å². The molecule has 0 radical (unpaired) electrons. The van der Waals surface area contributed by atoms with Gasteiger partial charge in [0.15, 0.2) is 5.79 Å². The van der Waals surface area contributed by atoms with Crippen LogP contribution in [0.25, 0.3) is 0 Å². The standard InChI is InChI=1S/C28H30O4/c1-4-25-26(32-27(2,3)31-25)24(29)20-30-28(21-14-8-5-9-15-21,22-16-10-6-11-17-22)23-18-12-7-13-19-23/h4-19,24-26,29H,1,20H2,2-3H3/t24?,25-,26+/m0/s1. The zero-order chi connectivity index (χ0) is 22.6. The summed E-state index contributed by atoms with van der Waals surface area (Å²) in [5.74, 6) is -0.792. The minimum Gasteiger partial charge on any atom is -0.388 e. The number of hydrogen-bond donors (Lipinski definition) is 1. The highest BCUT2D eigenvalue weighted by atomic mass is 16.8. The van der Waals surface area contributed by atoms with E-state index in [9.17, 15) is 5.11 Å². The summed E-state index contributed by atoms with van der Waals surface area (Å²) in [7, 11) is 0. The van der Waals surface area contributed by atoms with Crippen molar-refractivity contribution in [1.82, 2.24) is 0 Å². The third kappa shape index (κ3) is 4.41. The average Bonchev–Trinajstić information content (AvgIpc) is 3.16. The second kappa shape index (κ2) is 9.39. The largest absolute Gasteiger partial charge is 0.388 e. The molecule has 1 aliphatic rings. The van der Waals surface area contributed by atoms with Crippen LogP contribution in [0.4, 0.5) is 0 Å². The van der Waals surface area contributed by atoms with Crippen LogP contribution < -0.4 is 0 Å². The van der Waals surface area contributed by atoms with Crippen molar-refractivity contribution < 1.29 is 19.3 Å². The fourth-order valence-electron chi connectivity index (χ4n) is 4.37. The zero-order valence-corrected chi connectivity index (χ0v) is 18.6. The van der Waals surface area contributed by atoms with E-state index in [2.05, 4.69) is 43.0 Å². The smallest absolute Gasteiger partial charge is 0.164 e. The molecule has 1 fully saturated rings. The first-order valence-electron chi connectivity index (χ1n) is 10.9. The van der Waals surface area contributed by atoms with Crippen molar-refractivity contribution in [2.75, 3.05) is 6.61 Å². The van der Waals surface area contributed by atoms with Gasteiger partial charge in [-0.1, -0.05) is 97.1 Å². The van der Waals surface area contributed by atoms with Crippen molar-refractivity contribution in [3.8, 4) is 0 Å². The van der Waals surface area contributed by atoms with Crippen LogP contribution in [-0.4, -0.2) is 35.8 Å². The van der Waals surface area contributed by atoms with Gasteiger partial charge in [-0.2, -0.15) is 0 Å². The summed E-state index contributed by atoms with van der Waals surface area (Å²) < 4.78 is 18.5. The van der Waals surface area contributed by atoms with E-state index < -0.39 is 29.7 Å². The summed E-state index contributed by atoms with van der Waals surface area (Å²) >= 11 is 0. The highest BCUT2D eigenvalue weighted by Crippen LogP contribution is 2.41. The first-order chi connectivity index (χ1) is 15.5. The van der Waals surface area contributed by atoms with Crippen LogP contribution in [-0.2, 0) is 19.8 Å². The summed E-state index contributed by atoms with van der Waals surface area (Å²) in [6, 6.07) is 30.3. The molecule has 1 aliphatic heterocycles. The minimum atomic E-state index is -0.907. The van der Waals surface area contributed by atoms with Gasteiger partial charge in [-0.05, 0) is 30.5 Å². The Labute approximate surface area is 190 Å². The lowest BCUT2D eigenvalue weighted by molar-refractivity contribution is -0.160. The van der Waals surface area contributed by atoms with Crippen molar-refractivity contribution in [1.29, 1.82) is 0 Å². The highest BCUT2D eigenvalue weighted by molar-refractivity contribution is 5.47. The van der Waals surface area contributed by atoms with Crippen LogP contribution in [0.5, 0.6) is 0 Å². The quantitative estimate of drug-likeness (QED) is 0.401. The molecule has 32 heavy (non-hydrogen) atoms. The number of benzene rings is 3. The Balaban J connectivity index is 1.74. The topological polar surface area (TPSA) is 47.9 Å². The molecule has 1 saturated heterocycles. The van der Waals surface area contributed by atoms with E-state index in [1.54, 1.807) is 6.08 Å². The molecule has 4 nitrogen and oxygen atoms in total. The van der Waals surface area contributed by atoms with Crippen molar-refractivity contribution in [2.24, 2.45) is 0 Å². The number of aliphatic hydroxyl groups excluding tert-OH is 1. The van der Waals surface area contributed by atoms with Crippen molar-refractivity contribution in [2.45, 2.75) is 43.5 Å². The molecule has 4 heteroatoms. The van der Waals surface area contributed by atoms with Crippen LogP contribution in [0.2, 0.25) is 0 Å². The first kappa shape index (κ1) is 22.4. The Morgan fingerprint density at radius 2 is 1.31 bits per heavy atom. The molecule has 1 unspecified atom stereocenters. The maximum Gasteiger partial charge on any atom is 0.164 e. The Morgan fingerprint density at radius 3 is 1.72 bits per heavy atom. The zero-order valence-electron chi connectivity index (χ0n) is 18.6. The van der Waals surface area contributed by atoms with Crippen molar-refractivity contribution >= 4 is 0 Å². The van der Waals surface area contributed by atoms with Crippen LogP contribution >= 0.6 is 0 Å². The third-order valence-electron chi connectivity index (χ3n) is 5.79. The molecule has 0 bridgehead atoms. The third-order valence-corrected chi connectivity index (χ3v) is 5.79. The normalized spacial score (nSPS) is 21.2. The van der Waals surface area contributed by atoms with Gasteiger partial charge < -0.3 is 19.3 Å². The number of hydrogen-bond acceptors (Lipinski definition) is 4. The molecule has 3 aromatic rings. The van der Waals surface area contributed by atoms with Gasteiger partial charge in [0.2, 0.25) is 0 Å². The van der Waals surface area contributed by atoms with Gasteiger partial charge in [-0.25, -0.2) is 0 Å². The maximum absolute atomic E-state index is 11.1. The molecule has 0 saturated carbocycles. The van der Waals surface area contributed by atoms with Gasteiger partial charge in [-0.3, -0.25) is 0 Å². The molecule has 1 heterocycles. The molecular weight excluding hydrogens is 400 g/mol. The molecule has 166 valence electrons. The van der Waals surface area contributed by atoms with E-state index in [0.29, 0.717) is 0 Å². The van der Waals surface area contributed by atoms with Gasteiger partial charge in [0.05, 0.1) is 6.61 Å². The monoisotopic (exact) mass is 430 g/mol. The average molecular weight is 431 g/mol. The van der Waals surface area contributed by atoms with E-state index >= 15 is 0 Å².